The fourth-order valence-electron chi connectivity index (χ4n) is 4.59. The molecule has 3 aromatic carbocycles. The highest BCUT2D eigenvalue weighted by molar-refractivity contribution is 6.05. The molecule has 8 nitrogen and oxygen atoms in total. The van der Waals surface area contributed by atoms with Gasteiger partial charge in [0.2, 0.25) is 5.91 Å². The highest BCUT2D eigenvalue weighted by Gasteiger charge is 2.32. The van der Waals surface area contributed by atoms with E-state index in [1.54, 1.807) is 0 Å². The van der Waals surface area contributed by atoms with Crippen molar-refractivity contribution in [1.82, 2.24) is 4.90 Å². The zero-order valence-electron chi connectivity index (χ0n) is 22.6. The lowest BCUT2D eigenvalue weighted by Crippen LogP contribution is -2.47. The first kappa shape index (κ1) is 27.7. The lowest BCUT2D eigenvalue weighted by Gasteiger charge is -2.32. The number of carbonyl (C=O) groups is 2. The highest BCUT2D eigenvalue weighted by atomic mass is 16.5. The molecule has 39 heavy (non-hydrogen) atoms. The summed E-state index contributed by atoms with van der Waals surface area (Å²) < 4.78 is 6.07. The molecule has 0 radical (unpaired) electrons. The van der Waals surface area contributed by atoms with Gasteiger partial charge in [-0.1, -0.05) is 69.7 Å². The van der Waals surface area contributed by atoms with Gasteiger partial charge >= 0.3 is 5.97 Å². The van der Waals surface area contributed by atoms with Gasteiger partial charge in [0.15, 0.2) is 12.5 Å². The second kappa shape index (κ2) is 13.0. The van der Waals surface area contributed by atoms with Crippen molar-refractivity contribution in [2.24, 2.45) is 21.1 Å². The Morgan fingerprint density at radius 3 is 2.33 bits per heavy atom. The largest absolute Gasteiger partial charge is 0.480 e. The fourth-order valence-corrected chi connectivity index (χ4v) is 4.59. The molecule has 0 fully saturated rings. The minimum absolute atomic E-state index is 0.139. The van der Waals surface area contributed by atoms with E-state index in [0.29, 0.717) is 24.7 Å². The smallest absolute Gasteiger partial charge is 0.326 e. The van der Waals surface area contributed by atoms with Gasteiger partial charge in [0.05, 0.1) is 0 Å². The van der Waals surface area contributed by atoms with Gasteiger partial charge in [0, 0.05) is 18.5 Å². The predicted molar refractivity (Wildman–Crippen MR) is 151 cm³/mol. The number of ether oxygens (including phenoxy) is 1. The molecule has 1 heterocycles. The van der Waals surface area contributed by atoms with Crippen molar-refractivity contribution in [3.8, 4) is 22.6 Å². The van der Waals surface area contributed by atoms with Crippen LogP contribution in [0.2, 0.25) is 0 Å². The Kier molecular flexibility index (Phi) is 9.20. The first-order valence-electron chi connectivity index (χ1n) is 13.3. The minimum atomic E-state index is -0.988. The van der Waals surface area contributed by atoms with Crippen LogP contribution in [0.15, 0.2) is 88.0 Å². The van der Waals surface area contributed by atoms with Gasteiger partial charge in [-0.25, -0.2) is 9.79 Å². The van der Waals surface area contributed by atoms with E-state index in [4.69, 9.17) is 4.74 Å². The van der Waals surface area contributed by atoms with Crippen LogP contribution in [0.1, 0.15) is 51.2 Å². The van der Waals surface area contributed by atoms with E-state index in [0.717, 1.165) is 40.8 Å². The van der Waals surface area contributed by atoms with Gasteiger partial charge in [0.25, 0.3) is 0 Å². The van der Waals surface area contributed by atoms with Gasteiger partial charge in [-0.2, -0.15) is 5.11 Å². The molecule has 0 saturated carbocycles. The van der Waals surface area contributed by atoms with Crippen molar-refractivity contribution in [2.75, 3.05) is 6.67 Å². The first-order chi connectivity index (χ1) is 18.9. The molecule has 0 bridgehead atoms. The molecule has 3 aromatic rings. The molecule has 0 spiro atoms. The minimum Gasteiger partial charge on any atom is -0.480 e. The Morgan fingerprint density at radius 1 is 0.974 bits per heavy atom. The Balaban J connectivity index is 1.64. The summed E-state index contributed by atoms with van der Waals surface area (Å²) in [6, 6.07) is 22.2. The molecule has 0 aliphatic carbocycles. The number of amidine groups is 1. The number of rotatable bonds is 12. The molecule has 1 aliphatic heterocycles. The van der Waals surface area contributed by atoms with Crippen LogP contribution >= 0.6 is 0 Å². The van der Waals surface area contributed by atoms with Crippen molar-refractivity contribution in [3.05, 3.63) is 83.9 Å². The van der Waals surface area contributed by atoms with Gasteiger partial charge in [-0.15, -0.1) is 5.11 Å². The molecule has 0 unspecified atom stereocenters. The number of amides is 1. The van der Waals surface area contributed by atoms with Crippen molar-refractivity contribution >= 4 is 17.7 Å². The summed E-state index contributed by atoms with van der Waals surface area (Å²) in [4.78, 5) is 31.0. The zero-order chi connectivity index (χ0) is 27.8. The van der Waals surface area contributed by atoms with Crippen LogP contribution in [0.25, 0.3) is 11.1 Å². The van der Waals surface area contributed by atoms with Crippen LogP contribution < -0.4 is 4.74 Å². The van der Waals surface area contributed by atoms with Crippen LogP contribution in [0.3, 0.4) is 0 Å². The summed E-state index contributed by atoms with van der Waals surface area (Å²) >= 11 is 0. The van der Waals surface area contributed by atoms with Crippen LogP contribution in [0, 0.1) is 5.92 Å². The molecular weight excluding hydrogens is 492 g/mol. The number of aliphatic carboxylic acids is 1. The topological polar surface area (TPSA) is 104 Å². The summed E-state index contributed by atoms with van der Waals surface area (Å²) in [6.07, 6.45) is 1.93. The van der Waals surface area contributed by atoms with Gasteiger partial charge in [-0.05, 0) is 59.4 Å². The first-order valence-corrected chi connectivity index (χ1v) is 13.3. The van der Waals surface area contributed by atoms with Crippen LogP contribution in [-0.2, 0) is 16.1 Å². The molecule has 4 rings (SSSR count). The third kappa shape index (κ3) is 6.96. The molecule has 1 atom stereocenters. The Bertz CT molecular complexity index is 1350. The quantitative estimate of drug-likeness (QED) is 0.276. The van der Waals surface area contributed by atoms with E-state index in [9.17, 15) is 14.7 Å². The van der Waals surface area contributed by atoms with Crippen molar-refractivity contribution < 1.29 is 19.4 Å². The fraction of sp³-hybridized carbons (Fsp3) is 0.323. The average Bonchev–Trinajstić information content (AvgIpc) is 3.47. The molecular formula is C31H34N4O4. The summed E-state index contributed by atoms with van der Waals surface area (Å²) in [5.74, 6) is 0.624. The maximum absolute atomic E-state index is 13.0. The highest BCUT2D eigenvalue weighted by Crippen LogP contribution is 2.32. The van der Waals surface area contributed by atoms with Crippen LogP contribution in [0.4, 0.5) is 0 Å². The molecule has 1 N–H and O–H groups in total. The van der Waals surface area contributed by atoms with Crippen molar-refractivity contribution in [3.63, 3.8) is 0 Å². The number of benzene rings is 3. The molecule has 202 valence electrons. The number of hydrogen-bond acceptors (Lipinski definition) is 6. The van der Waals surface area contributed by atoms with E-state index >= 15 is 0 Å². The van der Waals surface area contributed by atoms with E-state index in [-0.39, 0.29) is 18.4 Å². The number of carbonyl (C=O) groups excluding carboxylic acids is 1. The Labute approximate surface area is 229 Å². The third-order valence-corrected chi connectivity index (χ3v) is 6.56. The number of azo groups is 1. The molecule has 0 saturated heterocycles. The normalized spacial score (nSPS) is 13.3. The summed E-state index contributed by atoms with van der Waals surface area (Å²) in [6.45, 7) is 6.20. The van der Waals surface area contributed by atoms with Crippen LogP contribution in [-0.4, -0.2) is 40.4 Å². The summed E-state index contributed by atoms with van der Waals surface area (Å²) in [7, 11) is 0. The number of para-hydroxylation sites is 1. The maximum Gasteiger partial charge on any atom is 0.326 e. The Morgan fingerprint density at radius 2 is 1.72 bits per heavy atom. The molecule has 0 aromatic heterocycles. The molecule has 1 amide bonds. The summed E-state index contributed by atoms with van der Waals surface area (Å²) in [5.41, 5.74) is 3.49. The Hall–Kier alpha value is -4.33. The number of nitrogens with zero attached hydrogens (tertiary/aromatic N) is 4. The second-order valence-electron chi connectivity index (χ2n) is 9.84. The number of carboxylic acids is 1. The third-order valence-electron chi connectivity index (χ3n) is 6.56. The standard InChI is InChI=1S/C31H34N4O4/c1-4-5-11-28(36)35(29(21(2)3)31(37)38)19-22-12-14-23(15-13-22)27-18-25(39-24-9-7-6-8-10-24)16-17-26(27)30-32-20-33-34-30/h6-10,12-18,21,29H,4-5,11,19-20H2,1-3H3,(H,37,38)/t29-/m0/s1. The van der Waals surface area contributed by atoms with E-state index in [2.05, 4.69) is 15.2 Å². The van der Waals surface area contributed by atoms with E-state index in [1.165, 1.54) is 4.90 Å². The van der Waals surface area contributed by atoms with Gasteiger partial charge in [0.1, 0.15) is 17.5 Å². The van der Waals surface area contributed by atoms with Crippen molar-refractivity contribution in [2.45, 2.75) is 52.6 Å². The predicted octanol–water partition coefficient (Wildman–Crippen LogP) is 6.94. The SMILES string of the molecule is CCCCC(=O)N(Cc1ccc(-c2cc(Oc3ccccc3)ccc2C2=NCN=N2)cc1)[C@H](C(=O)O)C(C)C. The van der Waals surface area contributed by atoms with Crippen molar-refractivity contribution in [1.29, 1.82) is 0 Å². The van der Waals surface area contributed by atoms with E-state index < -0.39 is 12.0 Å². The number of carboxylic acid groups (broad SMARTS) is 1. The zero-order valence-corrected chi connectivity index (χ0v) is 22.6. The lowest BCUT2D eigenvalue weighted by molar-refractivity contribution is -0.153. The molecule has 1 aliphatic rings. The summed E-state index contributed by atoms with van der Waals surface area (Å²) in [5, 5.41) is 18.1. The maximum atomic E-state index is 13.0. The number of aliphatic imine (C=N–C) groups is 1. The van der Waals surface area contributed by atoms with Crippen LogP contribution in [0.5, 0.6) is 11.5 Å². The van der Waals surface area contributed by atoms with Gasteiger partial charge in [-0.3, -0.25) is 4.79 Å². The second-order valence-corrected chi connectivity index (χ2v) is 9.84. The van der Waals surface area contributed by atoms with Gasteiger partial charge < -0.3 is 14.7 Å². The monoisotopic (exact) mass is 526 g/mol. The lowest BCUT2D eigenvalue weighted by atomic mass is 9.96. The average molecular weight is 527 g/mol. The number of unbranched alkanes of at least 4 members (excludes halogenated alkanes) is 1. The van der Waals surface area contributed by atoms with E-state index in [1.807, 2.05) is 93.6 Å². The molecule has 8 heteroatoms. The number of hydrogen-bond donors (Lipinski definition) is 1.